The van der Waals surface area contributed by atoms with Gasteiger partial charge in [0.15, 0.2) is 0 Å². The van der Waals surface area contributed by atoms with E-state index in [0.29, 0.717) is 5.56 Å². The van der Waals surface area contributed by atoms with Gasteiger partial charge in [-0.2, -0.15) is 5.10 Å². The lowest BCUT2D eigenvalue weighted by atomic mass is 9.94. The van der Waals surface area contributed by atoms with Gasteiger partial charge >= 0.3 is 0 Å². The van der Waals surface area contributed by atoms with Gasteiger partial charge in [-0.3, -0.25) is 4.79 Å². The molecule has 4 rings (SSSR count). The number of hydrogen-bond donors (Lipinski definition) is 2. The highest BCUT2D eigenvalue weighted by Gasteiger charge is 2.21. The molecule has 0 bridgehead atoms. The Bertz CT molecular complexity index is 938. The predicted molar refractivity (Wildman–Crippen MR) is 96.4 cm³/mol. The number of amides is 1. The summed E-state index contributed by atoms with van der Waals surface area (Å²) in [5.74, 6) is -0.179. The maximum absolute atomic E-state index is 12.2. The van der Waals surface area contributed by atoms with Gasteiger partial charge in [0.1, 0.15) is 0 Å². The summed E-state index contributed by atoms with van der Waals surface area (Å²) in [5.41, 5.74) is 9.00. The summed E-state index contributed by atoms with van der Waals surface area (Å²) >= 11 is 0. The molecule has 24 heavy (non-hydrogen) atoms. The third kappa shape index (κ3) is 2.60. The molecule has 0 atom stereocenters. The summed E-state index contributed by atoms with van der Waals surface area (Å²) < 4.78 is 0. The predicted octanol–water partition coefficient (Wildman–Crippen LogP) is 3.95. The van der Waals surface area contributed by atoms with E-state index in [1.165, 1.54) is 16.5 Å². The van der Waals surface area contributed by atoms with Crippen LogP contribution in [0.4, 0.5) is 0 Å². The Morgan fingerprint density at radius 2 is 1.96 bits per heavy atom. The van der Waals surface area contributed by atoms with Crippen LogP contribution in [0.3, 0.4) is 0 Å². The topological polar surface area (TPSA) is 57.2 Å². The van der Waals surface area contributed by atoms with Gasteiger partial charge in [0.2, 0.25) is 0 Å². The maximum atomic E-state index is 12.2. The van der Waals surface area contributed by atoms with Gasteiger partial charge < -0.3 is 4.98 Å². The van der Waals surface area contributed by atoms with Gasteiger partial charge in [0, 0.05) is 16.5 Å². The molecule has 4 heteroatoms. The zero-order valence-electron chi connectivity index (χ0n) is 13.6. The number of carbonyl (C=O) groups excluding carboxylic acids is 1. The van der Waals surface area contributed by atoms with E-state index in [1.54, 1.807) is 12.1 Å². The standard InChI is InChI=1S/C20H19N3O/c1-13-10-11-17-16(12-13)15-8-5-9-18(19(15)21-17)22-23-20(24)14-6-3-2-4-7-14/h2-4,6-7,10-12,21H,5,8-9H2,1H3,(H,23,24)/b22-18-. The Morgan fingerprint density at radius 3 is 2.79 bits per heavy atom. The fraction of sp³-hybridized carbons (Fsp3) is 0.200. The first-order valence-electron chi connectivity index (χ1n) is 8.26. The first kappa shape index (κ1) is 14.7. The molecule has 2 N–H and O–H groups in total. The Balaban J connectivity index is 1.66. The second kappa shape index (κ2) is 5.96. The molecule has 3 aromatic rings. The minimum Gasteiger partial charge on any atom is -0.353 e. The average Bonchev–Trinajstić information content (AvgIpc) is 2.99. The fourth-order valence-corrected chi connectivity index (χ4v) is 3.31. The molecule has 0 fully saturated rings. The van der Waals surface area contributed by atoms with E-state index in [0.717, 1.165) is 36.2 Å². The van der Waals surface area contributed by atoms with Gasteiger partial charge in [-0.05, 0) is 56.0 Å². The van der Waals surface area contributed by atoms with Crippen LogP contribution >= 0.6 is 0 Å². The number of rotatable bonds is 2. The van der Waals surface area contributed by atoms with Crippen LogP contribution in [0.2, 0.25) is 0 Å². The molecule has 1 aromatic heterocycles. The molecule has 1 heterocycles. The van der Waals surface area contributed by atoms with E-state index in [9.17, 15) is 4.79 Å². The number of fused-ring (bicyclic) bond motifs is 3. The minimum atomic E-state index is -0.179. The number of carbonyl (C=O) groups is 1. The molecule has 1 amide bonds. The highest BCUT2D eigenvalue weighted by molar-refractivity contribution is 6.07. The highest BCUT2D eigenvalue weighted by atomic mass is 16.2. The Kier molecular flexibility index (Phi) is 3.65. The maximum Gasteiger partial charge on any atom is 0.271 e. The van der Waals surface area contributed by atoms with Crippen molar-refractivity contribution in [2.45, 2.75) is 26.2 Å². The van der Waals surface area contributed by atoms with Gasteiger partial charge in [-0.25, -0.2) is 5.43 Å². The molecule has 0 aliphatic heterocycles. The van der Waals surface area contributed by atoms with E-state index >= 15 is 0 Å². The monoisotopic (exact) mass is 317 g/mol. The summed E-state index contributed by atoms with van der Waals surface area (Å²) in [5, 5.41) is 5.67. The molecular formula is C20H19N3O. The van der Waals surface area contributed by atoms with Crippen molar-refractivity contribution in [3.8, 4) is 0 Å². The van der Waals surface area contributed by atoms with E-state index in [4.69, 9.17) is 0 Å². The number of hydrazone groups is 1. The van der Waals surface area contributed by atoms with Crippen molar-refractivity contribution in [2.24, 2.45) is 5.10 Å². The number of aryl methyl sites for hydroxylation is 2. The zero-order valence-corrected chi connectivity index (χ0v) is 13.6. The van der Waals surface area contributed by atoms with Gasteiger partial charge in [-0.15, -0.1) is 0 Å². The van der Waals surface area contributed by atoms with Crippen LogP contribution in [0.1, 0.15) is 40.0 Å². The highest BCUT2D eigenvalue weighted by Crippen LogP contribution is 2.30. The largest absolute Gasteiger partial charge is 0.353 e. The van der Waals surface area contributed by atoms with E-state index < -0.39 is 0 Å². The molecule has 0 saturated heterocycles. The third-order valence-electron chi connectivity index (χ3n) is 4.52. The molecule has 1 aliphatic carbocycles. The molecule has 120 valence electrons. The number of H-pyrrole nitrogens is 1. The first-order valence-corrected chi connectivity index (χ1v) is 8.26. The smallest absolute Gasteiger partial charge is 0.271 e. The second-order valence-electron chi connectivity index (χ2n) is 6.25. The molecular weight excluding hydrogens is 298 g/mol. The summed E-state index contributed by atoms with van der Waals surface area (Å²) in [4.78, 5) is 15.7. The lowest BCUT2D eigenvalue weighted by molar-refractivity contribution is 0.0954. The van der Waals surface area contributed by atoms with Crippen molar-refractivity contribution in [2.75, 3.05) is 0 Å². The average molecular weight is 317 g/mol. The van der Waals surface area contributed by atoms with Crippen molar-refractivity contribution >= 4 is 22.5 Å². The van der Waals surface area contributed by atoms with Crippen LogP contribution in [-0.4, -0.2) is 16.6 Å². The Labute approximate surface area is 140 Å². The van der Waals surface area contributed by atoms with Crippen molar-refractivity contribution in [3.63, 3.8) is 0 Å². The third-order valence-corrected chi connectivity index (χ3v) is 4.52. The van der Waals surface area contributed by atoms with Crippen molar-refractivity contribution < 1.29 is 4.79 Å². The van der Waals surface area contributed by atoms with Crippen LogP contribution in [0.25, 0.3) is 10.9 Å². The number of nitrogens with zero attached hydrogens (tertiary/aromatic N) is 1. The van der Waals surface area contributed by atoms with Crippen LogP contribution in [0.15, 0.2) is 53.6 Å². The summed E-state index contributed by atoms with van der Waals surface area (Å²) in [6.45, 7) is 2.11. The zero-order chi connectivity index (χ0) is 16.5. The Hall–Kier alpha value is -2.88. The van der Waals surface area contributed by atoms with Crippen LogP contribution in [0, 0.1) is 6.92 Å². The number of hydrogen-bond acceptors (Lipinski definition) is 2. The summed E-state index contributed by atoms with van der Waals surface area (Å²) in [7, 11) is 0. The summed E-state index contributed by atoms with van der Waals surface area (Å²) in [6, 6.07) is 15.6. The molecule has 0 unspecified atom stereocenters. The van der Waals surface area contributed by atoms with Crippen molar-refractivity contribution in [1.29, 1.82) is 0 Å². The van der Waals surface area contributed by atoms with Crippen molar-refractivity contribution in [1.82, 2.24) is 10.4 Å². The van der Waals surface area contributed by atoms with E-state index in [-0.39, 0.29) is 5.91 Å². The Morgan fingerprint density at radius 1 is 1.12 bits per heavy atom. The second-order valence-corrected chi connectivity index (χ2v) is 6.25. The van der Waals surface area contributed by atoms with E-state index in [1.807, 2.05) is 18.2 Å². The molecule has 0 spiro atoms. The van der Waals surface area contributed by atoms with Gasteiger partial charge in [0.05, 0.1) is 11.4 Å². The number of benzene rings is 2. The molecule has 4 nitrogen and oxygen atoms in total. The molecule has 0 radical (unpaired) electrons. The van der Waals surface area contributed by atoms with Crippen LogP contribution in [0.5, 0.6) is 0 Å². The molecule has 2 aromatic carbocycles. The van der Waals surface area contributed by atoms with Crippen LogP contribution in [-0.2, 0) is 6.42 Å². The number of aromatic amines is 1. The summed E-state index contributed by atoms with van der Waals surface area (Å²) in [6.07, 6.45) is 2.96. The SMILES string of the molecule is Cc1ccc2[nH]c3c(c2c1)CCC/C3=N/NC(=O)c1ccccc1. The fourth-order valence-electron chi connectivity index (χ4n) is 3.31. The lowest BCUT2D eigenvalue weighted by Gasteiger charge is -2.14. The number of aromatic nitrogens is 1. The molecule has 0 saturated carbocycles. The number of nitrogens with one attached hydrogen (secondary N) is 2. The molecule has 1 aliphatic rings. The van der Waals surface area contributed by atoms with Crippen molar-refractivity contribution in [3.05, 3.63) is 70.9 Å². The first-order chi connectivity index (χ1) is 11.7. The van der Waals surface area contributed by atoms with Crippen LogP contribution < -0.4 is 5.43 Å². The minimum absolute atomic E-state index is 0.179. The quantitative estimate of drug-likeness (QED) is 0.691. The van der Waals surface area contributed by atoms with Gasteiger partial charge in [-0.1, -0.05) is 29.8 Å². The van der Waals surface area contributed by atoms with Gasteiger partial charge in [0.25, 0.3) is 5.91 Å². The normalized spacial score (nSPS) is 15.5. The van der Waals surface area contributed by atoms with E-state index in [2.05, 4.69) is 40.6 Å². The lowest BCUT2D eigenvalue weighted by Crippen LogP contribution is -2.22.